The average Bonchev–Trinajstić information content (AvgIpc) is 2.33. The van der Waals surface area contributed by atoms with E-state index in [0.29, 0.717) is 6.61 Å². The Balaban J connectivity index is 2.42. The van der Waals surface area contributed by atoms with Gasteiger partial charge in [-0.1, -0.05) is 31.2 Å². The van der Waals surface area contributed by atoms with Crippen LogP contribution in [0.3, 0.4) is 0 Å². The van der Waals surface area contributed by atoms with Crippen molar-refractivity contribution in [3.63, 3.8) is 0 Å². The van der Waals surface area contributed by atoms with Crippen LogP contribution in [-0.4, -0.2) is 24.9 Å². The lowest BCUT2D eigenvalue weighted by atomic mass is 10.1. The van der Waals surface area contributed by atoms with Gasteiger partial charge in [-0.05, 0) is 17.5 Å². The largest absolute Gasteiger partial charge is 0.395 e. The van der Waals surface area contributed by atoms with Crippen LogP contribution in [0.4, 0.5) is 0 Å². The third kappa shape index (κ3) is 4.31. The molecule has 0 saturated heterocycles. The lowest BCUT2D eigenvalue weighted by molar-refractivity contribution is 0.185. The highest BCUT2D eigenvalue weighted by Crippen LogP contribution is 2.05. The van der Waals surface area contributed by atoms with Crippen molar-refractivity contribution in [2.75, 3.05) is 13.7 Å². The molecule has 0 aromatic heterocycles. The van der Waals surface area contributed by atoms with Crippen molar-refractivity contribution in [3.05, 3.63) is 35.4 Å². The van der Waals surface area contributed by atoms with Gasteiger partial charge in [0, 0.05) is 19.7 Å². The molecule has 1 aromatic carbocycles. The Hall–Kier alpha value is -0.900. The number of rotatable bonds is 7. The van der Waals surface area contributed by atoms with E-state index in [1.807, 2.05) is 0 Å². The fourth-order valence-corrected chi connectivity index (χ4v) is 1.52. The Morgan fingerprint density at radius 1 is 1.25 bits per heavy atom. The number of aliphatic hydroxyl groups excluding tert-OH is 1. The molecule has 3 heteroatoms. The van der Waals surface area contributed by atoms with Crippen molar-refractivity contribution in [1.29, 1.82) is 0 Å². The maximum atomic E-state index is 9.04. The zero-order chi connectivity index (χ0) is 11.8. The molecule has 0 heterocycles. The van der Waals surface area contributed by atoms with Crippen LogP contribution in [0.5, 0.6) is 0 Å². The molecule has 0 aliphatic rings. The van der Waals surface area contributed by atoms with Crippen molar-refractivity contribution in [1.82, 2.24) is 5.32 Å². The van der Waals surface area contributed by atoms with Crippen LogP contribution in [-0.2, 0) is 17.9 Å². The molecule has 90 valence electrons. The van der Waals surface area contributed by atoms with Crippen LogP contribution in [0.2, 0.25) is 0 Å². The minimum atomic E-state index is 0.193. The lowest BCUT2D eigenvalue weighted by Gasteiger charge is -2.13. The van der Waals surface area contributed by atoms with Crippen LogP contribution in [0.1, 0.15) is 24.5 Å². The molecule has 0 amide bonds. The lowest BCUT2D eigenvalue weighted by Crippen LogP contribution is -2.31. The monoisotopic (exact) mass is 223 g/mol. The topological polar surface area (TPSA) is 41.5 Å². The van der Waals surface area contributed by atoms with Crippen molar-refractivity contribution in [2.45, 2.75) is 32.5 Å². The zero-order valence-corrected chi connectivity index (χ0v) is 10.1. The summed E-state index contributed by atoms with van der Waals surface area (Å²) in [5.74, 6) is 0. The van der Waals surface area contributed by atoms with Gasteiger partial charge in [-0.25, -0.2) is 0 Å². The van der Waals surface area contributed by atoms with Crippen LogP contribution in [0.15, 0.2) is 24.3 Å². The molecule has 0 unspecified atom stereocenters. The number of aliphatic hydroxyl groups is 1. The molecule has 0 aliphatic carbocycles. The molecule has 3 nitrogen and oxygen atoms in total. The molecule has 0 fully saturated rings. The van der Waals surface area contributed by atoms with E-state index in [1.54, 1.807) is 7.11 Å². The molecular weight excluding hydrogens is 202 g/mol. The van der Waals surface area contributed by atoms with Gasteiger partial charge in [-0.3, -0.25) is 0 Å². The van der Waals surface area contributed by atoms with Gasteiger partial charge in [0.05, 0.1) is 13.2 Å². The summed E-state index contributed by atoms with van der Waals surface area (Å²) in [7, 11) is 1.70. The Morgan fingerprint density at radius 2 is 1.88 bits per heavy atom. The highest BCUT2D eigenvalue weighted by Gasteiger charge is 2.02. The van der Waals surface area contributed by atoms with Crippen LogP contribution < -0.4 is 5.32 Å². The molecule has 0 spiro atoms. The van der Waals surface area contributed by atoms with E-state index in [4.69, 9.17) is 9.84 Å². The highest BCUT2D eigenvalue weighted by atomic mass is 16.5. The second-order valence-corrected chi connectivity index (χ2v) is 3.92. The van der Waals surface area contributed by atoms with Gasteiger partial charge in [0.1, 0.15) is 0 Å². The first-order valence-corrected chi connectivity index (χ1v) is 5.71. The first-order valence-electron chi connectivity index (χ1n) is 5.71. The Morgan fingerprint density at radius 3 is 2.38 bits per heavy atom. The predicted molar refractivity (Wildman–Crippen MR) is 65.2 cm³/mol. The van der Waals surface area contributed by atoms with Gasteiger partial charge in [-0.2, -0.15) is 0 Å². The van der Waals surface area contributed by atoms with Crippen molar-refractivity contribution in [3.8, 4) is 0 Å². The maximum Gasteiger partial charge on any atom is 0.0713 e. The molecule has 1 aromatic rings. The summed E-state index contributed by atoms with van der Waals surface area (Å²) >= 11 is 0. The second kappa shape index (κ2) is 7.39. The average molecular weight is 223 g/mol. The van der Waals surface area contributed by atoms with E-state index in [-0.39, 0.29) is 12.6 Å². The number of nitrogens with one attached hydrogen (secondary N) is 1. The van der Waals surface area contributed by atoms with Gasteiger partial charge in [-0.15, -0.1) is 0 Å². The molecule has 0 saturated carbocycles. The van der Waals surface area contributed by atoms with E-state index < -0.39 is 0 Å². The van der Waals surface area contributed by atoms with Gasteiger partial charge < -0.3 is 15.2 Å². The molecule has 0 aliphatic heterocycles. The van der Waals surface area contributed by atoms with Crippen LogP contribution >= 0.6 is 0 Å². The van der Waals surface area contributed by atoms with Gasteiger partial charge in [0.25, 0.3) is 0 Å². The SMILES string of the molecule is CC[C@H](CO)NCc1ccc(COC)cc1. The van der Waals surface area contributed by atoms with Gasteiger partial charge in [0.15, 0.2) is 0 Å². The third-order valence-electron chi connectivity index (χ3n) is 2.64. The number of methoxy groups -OCH3 is 1. The molecule has 0 radical (unpaired) electrons. The number of hydrogen-bond donors (Lipinski definition) is 2. The minimum absolute atomic E-state index is 0.193. The van der Waals surface area contributed by atoms with Crippen LogP contribution in [0.25, 0.3) is 0 Å². The summed E-state index contributed by atoms with van der Waals surface area (Å²) in [5.41, 5.74) is 2.41. The molecule has 1 rings (SSSR count). The number of hydrogen-bond acceptors (Lipinski definition) is 3. The standard InChI is InChI=1S/C13H21NO2/c1-3-13(9-15)14-8-11-4-6-12(7-5-11)10-16-2/h4-7,13-15H,3,8-10H2,1-2H3/t13-/m1/s1. The minimum Gasteiger partial charge on any atom is -0.395 e. The predicted octanol–water partition coefficient (Wildman–Crippen LogP) is 1.69. The van der Waals surface area contributed by atoms with Crippen molar-refractivity contribution in [2.24, 2.45) is 0 Å². The maximum absolute atomic E-state index is 9.04. The molecule has 0 bridgehead atoms. The van der Waals surface area contributed by atoms with Crippen molar-refractivity contribution >= 4 is 0 Å². The van der Waals surface area contributed by atoms with Gasteiger partial charge >= 0.3 is 0 Å². The summed E-state index contributed by atoms with van der Waals surface area (Å²) in [4.78, 5) is 0. The van der Waals surface area contributed by atoms with E-state index in [9.17, 15) is 0 Å². The quantitative estimate of drug-likeness (QED) is 0.739. The number of benzene rings is 1. The molecule has 1 atom stereocenters. The Bertz CT molecular complexity index is 280. The highest BCUT2D eigenvalue weighted by molar-refractivity contribution is 5.21. The van der Waals surface area contributed by atoms with Crippen LogP contribution in [0, 0.1) is 0 Å². The van der Waals surface area contributed by atoms with E-state index in [2.05, 4.69) is 36.5 Å². The summed E-state index contributed by atoms with van der Waals surface area (Å²) in [6.07, 6.45) is 0.943. The fourth-order valence-electron chi connectivity index (χ4n) is 1.52. The molecule has 2 N–H and O–H groups in total. The first kappa shape index (κ1) is 13.2. The third-order valence-corrected chi connectivity index (χ3v) is 2.64. The van der Waals surface area contributed by atoms with E-state index >= 15 is 0 Å². The Labute approximate surface area is 97.4 Å². The summed E-state index contributed by atoms with van der Waals surface area (Å²) in [5, 5.41) is 12.3. The Kier molecular flexibility index (Phi) is 6.08. The smallest absolute Gasteiger partial charge is 0.0713 e. The van der Waals surface area contributed by atoms with Crippen molar-refractivity contribution < 1.29 is 9.84 Å². The van der Waals surface area contributed by atoms with E-state index in [1.165, 1.54) is 11.1 Å². The molecular formula is C13H21NO2. The summed E-state index contributed by atoms with van der Waals surface area (Å²) in [6.45, 7) is 3.71. The summed E-state index contributed by atoms with van der Waals surface area (Å²) in [6, 6.07) is 8.51. The fraction of sp³-hybridized carbons (Fsp3) is 0.538. The second-order valence-electron chi connectivity index (χ2n) is 3.92. The molecule has 16 heavy (non-hydrogen) atoms. The normalized spacial score (nSPS) is 12.7. The number of ether oxygens (including phenoxy) is 1. The van der Waals surface area contributed by atoms with Gasteiger partial charge in [0.2, 0.25) is 0 Å². The van der Waals surface area contributed by atoms with E-state index in [0.717, 1.165) is 13.0 Å². The summed E-state index contributed by atoms with van der Waals surface area (Å²) < 4.78 is 5.05. The first-order chi connectivity index (χ1) is 7.80. The zero-order valence-electron chi connectivity index (χ0n) is 10.1.